The van der Waals surface area contributed by atoms with Gasteiger partial charge in [0.25, 0.3) is 21.6 Å². The topological polar surface area (TPSA) is 124 Å². The number of sulfonamides is 1. The maximum absolute atomic E-state index is 13.6. The van der Waals surface area contributed by atoms with Gasteiger partial charge in [0.2, 0.25) is 0 Å². The third-order valence-corrected chi connectivity index (χ3v) is 7.14. The Kier molecular flexibility index (Phi) is 7.32. The summed E-state index contributed by atoms with van der Waals surface area (Å²) in [4.78, 5) is 35.8. The summed E-state index contributed by atoms with van der Waals surface area (Å²) in [5.74, 6) is -1.66. The average molecular weight is 537 g/mol. The van der Waals surface area contributed by atoms with Crippen LogP contribution in [0.2, 0.25) is 5.02 Å². The molecule has 0 heterocycles. The smallest absolute Gasteiger partial charge is 0.343 e. The predicted molar refractivity (Wildman–Crippen MR) is 136 cm³/mol. The Morgan fingerprint density at radius 3 is 2.03 bits per heavy atom. The molecule has 0 saturated carbocycles. The van der Waals surface area contributed by atoms with Crippen molar-refractivity contribution in [2.75, 3.05) is 4.31 Å². The molecule has 0 fully saturated rings. The molecule has 0 aliphatic carbocycles. The van der Waals surface area contributed by atoms with Crippen molar-refractivity contribution in [3.8, 4) is 5.75 Å². The zero-order valence-corrected chi connectivity index (χ0v) is 20.4. The summed E-state index contributed by atoms with van der Waals surface area (Å²) in [6.07, 6.45) is 0. The highest BCUT2D eigenvalue weighted by atomic mass is 35.5. The highest BCUT2D eigenvalue weighted by Gasteiger charge is 2.33. The Morgan fingerprint density at radius 1 is 0.811 bits per heavy atom. The molecular weight excluding hydrogens is 520 g/mol. The van der Waals surface area contributed by atoms with Gasteiger partial charge in [-0.3, -0.25) is 14.9 Å². The Morgan fingerprint density at radius 2 is 1.43 bits per heavy atom. The summed E-state index contributed by atoms with van der Waals surface area (Å²) in [6.45, 7) is 0. The van der Waals surface area contributed by atoms with Crippen molar-refractivity contribution in [1.82, 2.24) is 0 Å². The van der Waals surface area contributed by atoms with Crippen molar-refractivity contribution < 1.29 is 27.7 Å². The van der Waals surface area contributed by atoms with E-state index in [0.29, 0.717) is 4.31 Å². The lowest BCUT2D eigenvalue weighted by Crippen LogP contribution is -2.37. The molecule has 0 aliphatic rings. The molecule has 0 spiro atoms. The maximum atomic E-state index is 13.6. The first-order valence-electron chi connectivity index (χ1n) is 10.6. The third-order valence-electron chi connectivity index (χ3n) is 5.13. The first-order chi connectivity index (χ1) is 17.7. The molecule has 0 radical (unpaired) electrons. The van der Waals surface area contributed by atoms with Crippen LogP contribution < -0.4 is 9.04 Å². The van der Waals surface area contributed by atoms with Gasteiger partial charge in [-0.1, -0.05) is 54.1 Å². The summed E-state index contributed by atoms with van der Waals surface area (Å²) >= 11 is 6.32. The van der Waals surface area contributed by atoms with Crippen molar-refractivity contribution in [2.45, 2.75) is 4.90 Å². The lowest BCUT2D eigenvalue weighted by atomic mass is 10.2. The number of nitro benzene ring substituents is 1. The number of rotatable bonds is 7. The van der Waals surface area contributed by atoms with Crippen LogP contribution in [0.25, 0.3) is 0 Å². The number of benzene rings is 4. The molecule has 9 nitrogen and oxygen atoms in total. The van der Waals surface area contributed by atoms with Gasteiger partial charge in [-0.2, -0.15) is 4.31 Å². The molecule has 4 aromatic carbocycles. The van der Waals surface area contributed by atoms with Crippen molar-refractivity contribution >= 4 is 44.9 Å². The lowest BCUT2D eigenvalue weighted by Gasteiger charge is -2.23. The van der Waals surface area contributed by atoms with E-state index in [2.05, 4.69) is 0 Å². The fourth-order valence-electron chi connectivity index (χ4n) is 3.36. The molecule has 0 aromatic heterocycles. The molecule has 186 valence electrons. The van der Waals surface area contributed by atoms with Gasteiger partial charge in [0.05, 0.1) is 26.1 Å². The van der Waals surface area contributed by atoms with Gasteiger partial charge in [0.15, 0.2) is 0 Å². The number of amides is 1. The van der Waals surface area contributed by atoms with E-state index in [0.717, 1.165) is 24.3 Å². The number of anilines is 1. The number of ether oxygens (including phenoxy) is 1. The number of non-ortho nitro benzene ring substituents is 1. The molecule has 0 N–H and O–H groups in total. The normalized spacial score (nSPS) is 10.9. The van der Waals surface area contributed by atoms with E-state index < -0.39 is 37.4 Å². The SMILES string of the molecule is O=C(Oc1ccc(N(C(=O)c2ccccc2)S(=O)(=O)c2cccc([N+](=O)[O-])c2)cc1Cl)c1ccccc1. The van der Waals surface area contributed by atoms with Crippen molar-refractivity contribution in [2.24, 2.45) is 0 Å². The van der Waals surface area contributed by atoms with Gasteiger partial charge >= 0.3 is 5.97 Å². The number of nitro groups is 1. The van der Waals surface area contributed by atoms with E-state index in [9.17, 15) is 28.1 Å². The molecule has 1 amide bonds. The average Bonchev–Trinajstić information content (AvgIpc) is 2.91. The van der Waals surface area contributed by atoms with Crippen LogP contribution in [0.3, 0.4) is 0 Å². The highest BCUT2D eigenvalue weighted by Crippen LogP contribution is 2.34. The number of hydrogen-bond acceptors (Lipinski definition) is 7. The van der Waals surface area contributed by atoms with E-state index in [4.69, 9.17) is 16.3 Å². The summed E-state index contributed by atoms with van der Waals surface area (Å²) in [6, 6.07) is 23.8. The molecule has 4 rings (SSSR count). The Labute approximate surface area is 216 Å². The van der Waals surface area contributed by atoms with E-state index in [1.54, 1.807) is 48.5 Å². The zero-order chi connectivity index (χ0) is 26.6. The monoisotopic (exact) mass is 536 g/mol. The van der Waals surface area contributed by atoms with Gasteiger partial charge in [0.1, 0.15) is 5.75 Å². The molecule has 0 unspecified atom stereocenters. The van der Waals surface area contributed by atoms with Crippen LogP contribution in [0.4, 0.5) is 11.4 Å². The van der Waals surface area contributed by atoms with E-state index in [1.807, 2.05) is 0 Å². The summed E-state index contributed by atoms with van der Waals surface area (Å²) < 4.78 is 33.1. The molecule has 0 bridgehead atoms. The molecule has 0 aliphatic heterocycles. The fraction of sp³-hybridized carbons (Fsp3) is 0. The second kappa shape index (κ2) is 10.6. The number of carbonyl (C=O) groups is 2. The number of esters is 1. The number of nitrogens with zero attached hydrogens (tertiary/aromatic N) is 2. The Hall–Kier alpha value is -4.54. The van der Waals surface area contributed by atoms with Crippen LogP contribution in [0.1, 0.15) is 20.7 Å². The summed E-state index contributed by atoms with van der Waals surface area (Å²) in [5, 5.41) is 11.1. The standard InChI is InChI=1S/C26H17ClN2O7S/c27-23-17-20(14-15-24(23)36-26(31)19-10-5-2-6-11-19)28(25(30)18-8-3-1-4-9-18)37(34,35)22-13-7-12-21(16-22)29(32)33/h1-17H. The fourth-order valence-corrected chi connectivity index (χ4v) is 5.02. The molecular formula is C26H17ClN2O7S. The van der Waals surface area contributed by atoms with Crippen LogP contribution >= 0.6 is 11.6 Å². The third kappa shape index (κ3) is 5.50. The van der Waals surface area contributed by atoms with Crippen molar-refractivity contribution in [3.63, 3.8) is 0 Å². The summed E-state index contributed by atoms with van der Waals surface area (Å²) in [5.41, 5.74) is -0.303. The van der Waals surface area contributed by atoms with Crippen LogP contribution in [-0.2, 0) is 10.0 Å². The zero-order valence-electron chi connectivity index (χ0n) is 18.9. The van der Waals surface area contributed by atoms with Gasteiger partial charge in [0, 0.05) is 17.7 Å². The minimum atomic E-state index is -4.64. The van der Waals surface area contributed by atoms with E-state index >= 15 is 0 Å². The first kappa shape index (κ1) is 25.5. The molecule has 37 heavy (non-hydrogen) atoms. The molecule has 11 heteroatoms. The molecule has 0 saturated heterocycles. The largest absolute Gasteiger partial charge is 0.421 e. The minimum absolute atomic E-state index is 0.0483. The van der Waals surface area contributed by atoms with Crippen LogP contribution in [0.15, 0.2) is 108 Å². The number of halogens is 1. The highest BCUT2D eigenvalue weighted by molar-refractivity contribution is 7.93. The Bertz CT molecular complexity index is 1590. The van der Waals surface area contributed by atoms with E-state index in [1.165, 1.54) is 30.3 Å². The second-order valence-corrected chi connectivity index (χ2v) is 9.76. The van der Waals surface area contributed by atoms with Crippen molar-refractivity contribution in [3.05, 3.63) is 129 Å². The quantitative estimate of drug-likeness (QED) is 0.132. The predicted octanol–water partition coefficient (Wildman–Crippen LogP) is 5.50. The van der Waals surface area contributed by atoms with Gasteiger partial charge in [-0.05, 0) is 48.5 Å². The number of carbonyl (C=O) groups excluding carboxylic acids is 2. The second-order valence-electron chi connectivity index (χ2n) is 7.57. The lowest BCUT2D eigenvalue weighted by molar-refractivity contribution is -0.385. The van der Waals surface area contributed by atoms with Crippen LogP contribution in [-0.4, -0.2) is 25.2 Å². The number of hydrogen-bond donors (Lipinski definition) is 0. The van der Waals surface area contributed by atoms with Gasteiger partial charge in [-0.15, -0.1) is 0 Å². The minimum Gasteiger partial charge on any atom is -0.421 e. The first-order valence-corrected chi connectivity index (χ1v) is 12.5. The van der Waals surface area contributed by atoms with Crippen LogP contribution in [0.5, 0.6) is 5.75 Å². The molecule has 0 atom stereocenters. The maximum Gasteiger partial charge on any atom is 0.343 e. The molecule has 4 aromatic rings. The van der Waals surface area contributed by atoms with Crippen molar-refractivity contribution in [1.29, 1.82) is 0 Å². The van der Waals surface area contributed by atoms with Gasteiger partial charge < -0.3 is 4.74 Å². The summed E-state index contributed by atoms with van der Waals surface area (Å²) in [7, 11) is -4.64. The Balaban J connectivity index is 1.77. The van der Waals surface area contributed by atoms with Gasteiger partial charge in [-0.25, -0.2) is 13.2 Å². The van der Waals surface area contributed by atoms with E-state index in [-0.39, 0.29) is 27.6 Å². The van der Waals surface area contributed by atoms with Crippen LogP contribution in [0, 0.1) is 10.1 Å².